The minimum atomic E-state index is 0.408. The number of rotatable bonds is 3. The Bertz CT molecular complexity index is 547. The molecule has 3 nitrogen and oxygen atoms in total. The van der Waals surface area contributed by atoms with E-state index in [1.165, 1.54) is 0 Å². The average molecular weight is 301 g/mol. The summed E-state index contributed by atoms with van der Waals surface area (Å²) in [5.74, 6) is 0. The molecule has 0 radical (unpaired) electrons. The molecule has 2 rings (SSSR count). The Morgan fingerprint density at radius 1 is 1.11 bits per heavy atom. The fourth-order valence-corrected chi connectivity index (χ4v) is 2.17. The fourth-order valence-electron chi connectivity index (χ4n) is 1.26. The molecule has 18 heavy (non-hydrogen) atoms. The van der Waals surface area contributed by atoms with Gasteiger partial charge in [0.2, 0.25) is 0 Å². The summed E-state index contributed by atoms with van der Waals surface area (Å²) in [7, 11) is 0. The predicted molar refractivity (Wildman–Crippen MR) is 76.9 cm³/mol. The molecule has 6 heteroatoms. The van der Waals surface area contributed by atoms with E-state index in [1.54, 1.807) is 24.5 Å². The van der Waals surface area contributed by atoms with E-state index in [2.05, 4.69) is 15.5 Å². The smallest absolute Gasteiger partial charge is 0.0935 e. The molecule has 0 aliphatic carbocycles. The molecule has 0 aliphatic rings. The highest BCUT2D eigenvalue weighted by molar-refractivity contribution is 6.41. The van der Waals surface area contributed by atoms with Crippen molar-refractivity contribution >= 4 is 46.7 Å². The second kappa shape index (κ2) is 6.05. The quantitative estimate of drug-likeness (QED) is 0.670. The molecule has 0 aliphatic heterocycles. The van der Waals surface area contributed by atoms with Gasteiger partial charge < -0.3 is 0 Å². The Hall–Kier alpha value is -1.29. The minimum Gasteiger partial charge on any atom is -0.275 e. The number of aromatic nitrogens is 1. The number of nitrogens with zero attached hydrogens (tertiary/aromatic N) is 2. The van der Waals surface area contributed by atoms with Gasteiger partial charge in [0.1, 0.15) is 0 Å². The Morgan fingerprint density at radius 2 is 1.83 bits per heavy atom. The predicted octanol–water partition coefficient (Wildman–Crippen LogP) is 4.49. The minimum absolute atomic E-state index is 0.408. The third kappa shape index (κ3) is 3.35. The van der Waals surface area contributed by atoms with Crippen LogP contribution in [-0.4, -0.2) is 11.2 Å². The van der Waals surface area contributed by atoms with Crippen LogP contribution in [0.5, 0.6) is 0 Å². The van der Waals surface area contributed by atoms with E-state index in [4.69, 9.17) is 34.8 Å². The first kappa shape index (κ1) is 13.1. The molecule has 0 bridgehead atoms. The highest BCUT2D eigenvalue weighted by atomic mass is 35.5. The van der Waals surface area contributed by atoms with Crippen LogP contribution in [0.3, 0.4) is 0 Å². The molecule has 0 saturated heterocycles. The number of pyridine rings is 1. The molecule has 0 fully saturated rings. The molecule has 1 N–H and O–H groups in total. The number of anilines is 1. The lowest BCUT2D eigenvalue weighted by Crippen LogP contribution is -1.94. The van der Waals surface area contributed by atoms with Gasteiger partial charge in [0.05, 0.1) is 27.6 Å². The second-order valence-corrected chi connectivity index (χ2v) is 4.62. The van der Waals surface area contributed by atoms with E-state index in [9.17, 15) is 0 Å². The lowest BCUT2D eigenvalue weighted by molar-refractivity contribution is 1.28. The summed E-state index contributed by atoms with van der Waals surface area (Å²) in [4.78, 5) is 4.09. The zero-order chi connectivity index (χ0) is 13.0. The molecular weight excluding hydrogens is 293 g/mol. The van der Waals surface area contributed by atoms with Crippen LogP contribution < -0.4 is 5.43 Å². The molecular formula is C12H8Cl3N3. The molecule has 1 heterocycles. The lowest BCUT2D eigenvalue weighted by Gasteiger charge is -2.06. The zero-order valence-corrected chi connectivity index (χ0v) is 11.3. The fraction of sp³-hybridized carbons (Fsp3) is 0. The average Bonchev–Trinajstić information content (AvgIpc) is 2.34. The monoisotopic (exact) mass is 299 g/mol. The van der Waals surface area contributed by atoms with E-state index < -0.39 is 0 Å². The molecule has 0 amide bonds. The number of hydrogen-bond acceptors (Lipinski definition) is 3. The van der Waals surface area contributed by atoms with Crippen LogP contribution in [-0.2, 0) is 0 Å². The van der Waals surface area contributed by atoms with Gasteiger partial charge in [0.25, 0.3) is 0 Å². The Morgan fingerprint density at radius 3 is 2.44 bits per heavy atom. The number of hydrogen-bond donors (Lipinski definition) is 1. The number of benzene rings is 1. The number of nitrogens with one attached hydrogen (secondary N) is 1. The largest absolute Gasteiger partial charge is 0.275 e. The summed E-state index contributed by atoms with van der Waals surface area (Å²) in [6.07, 6.45) is 3.25. The maximum Gasteiger partial charge on any atom is 0.0935 e. The first-order chi connectivity index (χ1) is 8.66. The van der Waals surface area contributed by atoms with Crippen molar-refractivity contribution in [2.75, 3.05) is 5.43 Å². The molecule has 0 atom stereocenters. The number of hydrazone groups is 1. The van der Waals surface area contributed by atoms with Crippen LogP contribution in [0.2, 0.25) is 15.1 Å². The van der Waals surface area contributed by atoms with E-state index in [0.29, 0.717) is 20.8 Å². The lowest BCUT2D eigenvalue weighted by atomic mass is 10.3. The van der Waals surface area contributed by atoms with Crippen molar-refractivity contribution in [2.24, 2.45) is 5.10 Å². The molecule has 2 aromatic rings. The van der Waals surface area contributed by atoms with Gasteiger partial charge in [0.15, 0.2) is 0 Å². The van der Waals surface area contributed by atoms with E-state index in [-0.39, 0.29) is 0 Å². The molecule has 0 spiro atoms. The van der Waals surface area contributed by atoms with Gasteiger partial charge in [-0.2, -0.15) is 5.10 Å². The molecule has 92 valence electrons. The van der Waals surface area contributed by atoms with Crippen LogP contribution in [0.4, 0.5) is 5.69 Å². The Kier molecular flexibility index (Phi) is 4.42. The summed E-state index contributed by atoms with van der Waals surface area (Å²) < 4.78 is 0. The van der Waals surface area contributed by atoms with Crippen molar-refractivity contribution in [3.05, 3.63) is 57.3 Å². The summed E-state index contributed by atoms with van der Waals surface area (Å²) >= 11 is 17.8. The maximum atomic E-state index is 6.00. The van der Waals surface area contributed by atoms with Crippen LogP contribution in [0, 0.1) is 0 Å². The summed E-state index contributed by atoms with van der Waals surface area (Å²) in [5.41, 5.74) is 4.00. The Balaban J connectivity index is 2.14. The third-order valence-electron chi connectivity index (χ3n) is 2.07. The van der Waals surface area contributed by atoms with E-state index >= 15 is 0 Å². The molecule has 1 aromatic heterocycles. The van der Waals surface area contributed by atoms with Gasteiger partial charge in [0, 0.05) is 11.2 Å². The van der Waals surface area contributed by atoms with E-state index in [1.807, 2.05) is 18.2 Å². The molecule has 0 unspecified atom stereocenters. The maximum absolute atomic E-state index is 6.00. The van der Waals surface area contributed by atoms with E-state index in [0.717, 1.165) is 5.69 Å². The highest BCUT2D eigenvalue weighted by Crippen LogP contribution is 2.33. The standard InChI is InChI=1S/C12H8Cl3N3/c13-8-5-10(14)12(11(15)6-8)18-17-7-9-3-1-2-4-16-9/h1-7,18H/b17-7-. The van der Waals surface area contributed by atoms with Crippen LogP contribution in [0.1, 0.15) is 5.69 Å². The van der Waals surface area contributed by atoms with Crippen LogP contribution >= 0.6 is 34.8 Å². The Labute approximate surface area is 119 Å². The normalized spacial score (nSPS) is 10.8. The van der Waals surface area contributed by atoms with Crippen LogP contribution in [0.15, 0.2) is 41.6 Å². The van der Waals surface area contributed by atoms with Gasteiger partial charge in [-0.3, -0.25) is 10.4 Å². The van der Waals surface area contributed by atoms with Crippen molar-refractivity contribution < 1.29 is 0 Å². The van der Waals surface area contributed by atoms with Crippen molar-refractivity contribution in [3.8, 4) is 0 Å². The van der Waals surface area contributed by atoms with Gasteiger partial charge in [-0.15, -0.1) is 0 Å². The van der Waals surface area contributed by atoms with Crippen molar-refractivity contribution in [2.45, 2.75) is 0 Å². The molecule has 1 aromatic carbocycles. The van der Waals surface area contributed by atoms with Crippen molar-refractivity contribution in [3.63, 3.8) is 0 Å². The summed E-state index contributed by atoms with van der Waals surface area (Å²) in [5, 5.41) is 5.31. The zero-order valence-electron chi connectivity index (χ0n) is 9.07. The van der Waals surface area contributed by atoms with Crippen molar-refractivity contribution in [1.29, 1.82) is 0 Å². The van der Waals surface area contributed by atoms with Crippen LogP contribution in [0.25, 0.3) is 0 Å². The molecule has 0 saturated carbocycles. The third-order valence-corrected chi connectivity index (χ3v) is 2.88. The summed E-state index contributed by atoms with van der Waals surface area (Å²) in [6, 6.07) is 8.71. The van der Waals surface area contributed by atoms with Gasteiger partial charge in [-0.25, -0.2) is 0 Å². The first-order valence-electron chi connectivity index (χ1n) is 5.01. The number of halogens is 3. The van der Waals surface area contributed by atoms with Gasteiger partial charge in [-0.1, -0.05) is 40.9 Å². The summed E-state index contributed by atoms with van der Waals surface area (Å²) in [6.45, 7) is 0. The SMILES string of the molecule is Clc1cc(Cl)c(N/N=C\c2ccccn2)c(Cl)c1. The first-order valence-corrected chi connectivity index (χ1v) is 6.15. The second-order valence-electron chi connectivity index (χ2n) is 3.37. The van der Waals surface area contributed by atoms with Gasteiger partial charge >= 0.3 is 0 Å². The van der Waals surface area contributed by atoms with Gasteiger partial charge in [-0.05, 0) is 24.3 Å². The van der Waals surface area contributed by atoms with Crippen molar-refractivity contribution in [1.82, 2.24) is 4.98 Å². The topological polar surface area (TPSA) is 37.3 Å². The highest BCUT2D eigenvalue weighted by Gasteiger charge is 2.06.